The van der Waals surface area contributed by atoms with Gasteiger partial charge in [-0.15, -0.1) is 0 Å². The van der Waals surface area contributed by atoms with Crippen LogP contribution in [0.3, 0.4) is 0 Å². The van der Waals surface area contributed by atoms with Gasteiger partial charge in [0.25, 0.3) is 5.91 Å². The highest BCUT2D eigenvalue weighted by molar-refractivity contribution is 5.93. The van der Waals surface area contributed by atoms with Crippen LogP contribution in [-0.2, 0) is 4.74 Å². The fourth-order valence-electron chi connectivity index (χ4n) is 1.96. The number of aliphatic hydroxyl groups excluding tert-OH is 2. The van der Waals surface area contributed by atoms with Crippen LogP contribution in [0.2, 0.25) is 0 Å². The third-order valence-electron chi connectivity index (χ3n) is 3.09. The van der Waals surface area contributed by atoms with Crippen LogP contribution < -0.4 is 16.6 Å². The SMILES string of the molecule is CC(C)(C)OC(=O)NCCC(O)C(O)c1cccc(C(=O)NN)c1. The number of amides is 2. The molecular formula is C16H25N3O5. The summed E-state index contributed by atoms with van der Waals surface area (Å²) in [7, 11) is 0. The van der Waals surface area contributed by atoms with Gasteiger partial charge in [0.2, 0.25) is 0 Å². The molecule has 8 nitrogen and oxygen atoms in total. The average Bonchev–Trinajstić information content (AvgIpc) is 2.51. The Morgan fingerprint density at radius 3 is 2.54 bits per heavy atom. The minimum atomic E-state index is -1.20. The minimum Gasteiger partial charge on any atom is -0.444 e. The number of nitrogen functional groups attached to an aromatic ring is 1. The maximum Gasteiger partial charge on any atom is 0.407 e. The molecule has 2 amide bonds. The number of alkyl carbamates (subject to hydrolysis) is 1. The molecule has 0 saturated heterocycles. The monoisotopic (exact) mass is 339 g/mol. The van der Waals surface area contributed by atoms with Crippen LogP contribution in [0, 0.1) is 0 Å². The molecule has 0 aliphatic rings. The summed E-state index contributed by atoms with van der Waals surface area (Å²) in [6, 6.07) is 6.14. The van der Waals surface area contributed by atoms with Crippen LogP contribution in [-0.4, -0.2) is 40.5 Å². The Morgan fingerprint density at radius 2 is 1.96 bits per heavy atom. The molecule has 134 valence electrons. The third-order valence-corrected chi connectivity index (χ3v) is 3.09. The van der Waals surface area contributed by atoms with Gasteiger partial charge in [-0.1, -0.05) is 12.1 Å². The summed E-state index contributed by atoms with van der Waals surface area (Å²) in [5, 5.41) is 22.7. The molecule has 1 aromatic rings. The second-order valence-electron chi connectivity index (χ2n) is 6.33. The highest BCUT2D eigenvalue weighted by Gasteiger charge is 2.20. The fourth-order valence-corrected chi connectivity index (χ4v) is 1.96. The van der Waals surface area contributed by atoms with Crippen molar-refractivity contribution in [2.24, 2.45) is 5.84 Å². The quantitative estimate of drug-likeness (QED) is 0.293. The lowest BCUT2D eigenvalue weighted by molar-refractivity contribution is 0.0122. The highest BCUT2D eigenvalue weighted by atomic mass is 16.6. The van der Waals surface area contributed by atoms with E-state index in [9.17, 15) is 19.8 Å². The van der Waals surface area contributed by atoms with Gasteiger partial charge in [-0.3, -0.25) is 10.2 Å². The molecule has 1 aromatic carbocycles. The molecule has 24 heavy (non-hydrogen) atoms. The molecule has 0 aliphatic carbocycles. The van der Waals surface area contributed by atoms with Crippen LogP contribution in [0.15, 0.2) is 24.3 Å². The van der Waals surface area contributed by atoms with Gasteiger partial charge < -0.3 is 20.3 Å². The summed E-state index contributed by atoms with van der Waals surface area (Å²) < 4.78 is 5.07. The van der Waals surface area contributed by atoms with E-state index in [0.29, 0.717) is 5.56 Å². The normalized spacial score (nSPS) is 13.8. The van der Waals surface area contributed by atoms with E-state index in [1.807, 2.05) is 5.43 Å². The van der Waals surface area contributed by atoms with Crippen molar-refractivity contribution >= 4 is 12.0 Å². The second-order valence-corrected chi connectivity index (χ2v) is 6.33. The maximum atomic E-state index is 11.5. The molecule has 0 radical (unpaired) electrons. The lowest BCUT2D eigenvalue weighted by Gasteiger charge is -2.21. The molecule has 0 heterocycles. The molecule has 0 aliphatic heterocycles. The molecular weight excluding hydrogens is 314 g/mol. The number of nitrogens with two attached hydrogens (primary N) is 1. The van der Waals surface area contributed by atoms with E-state index in [1.165, 1.54) is 12.1 Å². The smallest absolute Gasteiger partial charge is 0.407 e. The zero-order chi connectivity index (χ0) is 18.3. The van der Waals surface area contributed by atoms with E-state index >= 15 is 0 Å². The molecule has 1 rings (SSSR count). The first kappa shape index (κ1) is 19.9. The van der Waals surface area contributed by atoms with Crippen LogP contribution in [0.5, 0.6) is 0 Å². The van der Waals surface area contributed by atoms with E-state index in [4.69, 9.17) is 10.6 Å². The number of hydrogen-bond donors (Lipinski definition) is 5. The number of ether oxygens (including phenoxy) is 1. The number of carbonyl (C=O) groups excluding carboxylic acids is 2. The van der Waals surface area contributed by atoms with Gasteiger partial charge in [0.1, 0.15) is 11.7 Å². The Labute approximate surface area is 141 Å². The minimum absolute atomic E-state index is 0.119. The molecule has 0 fully saturated rings. The van der Waals surface area contributed by atoms with Gasteiger partial charge in [-0.2, -0.15) is 0 Å². The van der Waals surface area contributed by atoms with Crippen molar-refractivity contribution in [1.82, 2.24) is 10.7 Å². The standard InChI is InChI=1S/C16H25N3O5/c1-16(2,3)24-15(23)18-8-7-12(20)13(21)10-5-4-6-11(9-10)14(22)19-17/h4-6,9,12-13,20-21H,7-8,17H2,1-3H3,(H,18,23)(H,19,22). The highest BCUT2D eigenvalue weighted by Crippen LogP contribution is 2.20. The van der Waals surface area contributed by atoms with Gasteiger partial charge in [0, 0.05) is 12.1 Å². The summed E-state index contributed by atoms with van der Waals surface area (Å²) in [5.74, 6) is 4.57. The Kier molecular flexibility index (Phi) is 7.15. The number of carbonyl (C=O) groups is 2. The van der Waals surface area contributed by atoms with Crippen LogP contribution in [0.25, 0.3) is 0 Å². The van der Waals surface area contributed by atoms with Crippen molar-refractivity contribution in [2.75, 3.05) is 6.54 Å². The number of benzene rings is 1. The van der Waals surface area contributed by atoms with Crippen LogP contribution in [0.1, 0.15) is 49.2 Å². The van der Waals surface area contributed by atoms with Crippen LogP contribution in [0.4, 0.5) is 4.79 Å². The first-order valence-corrected chi connectivity index (χ1v) is 7.58. The number of hydrogen-bond acceptors (Lipinski definition) is 6. The first-order valence-electron chi connectivity index (χ1n) is 7.58. The van der Waals surface area contributed by atoms with Crippen molar-refractivity contribution in [3.63, 3.8) is 0 Å². The Morgan fingerprint density at radius 1 is 1.29 bits per heavy atom. The summed E-state index contributed by atoms with van der Waals surface area (Å²) in [6.07, 6.45) is -2.79. The largest absolute Gasteiger partial charge is 0.444 e. The summed E-state index contributed by atoms with van der Waals surface area (Å²) in [5.41, 5.74) is 2.04. The number of hydrazine groups is 1. The van der Waals surface area contributed by atoms with Crippen molar-refractivity contribution < 1.29 is 24.5 Å². The number of rotatable bonds is 6. The maximum absolute atomic E-state index is 11.5. The number of nitrogens with one attached hydrogen (secondary N) is 2. The van der Waals surface area contributed by atoms with E-state index in [0.717, 1.165) is 0 Å². The van der Waals surface area contributed by atoms with Gasteiger partial charge in [0.05, 0.1) is 6.10 Å². The summed E-state index contributed by atoms with van der Waals surface area (Å²) in [4.78, 5) is 23.0. The van der Waals surface area contributed by atoms with Crippen molar-refractivity contribution in [3.8, 4) is 0 Å². The lowest BCUT2D eigenvalue weighted by Crippen LogP contribution is -2.34. The topological polar surface area (TPSA) is 134 Å². The molecule has 0 spiro atoms. The molecule has 0 saturated carbocycles. The van der Waals surface area contributed by atoms with Gasteiger partial charge in [-0.25, -0.2) is 10.6 Å². The van der Waals surface area contributed by atoms with Gasteiger partial charge in [0.15, 0.2) is 0 Å². The Hall–Kier alpha value is -2.16. The molecule has 2 atom stereocenters. The van der Waals surface area contributed by atoms with Gasteiger partial charge in [-0.05, 0) is 44.9 Å². The Bertz CT molecular complexity index is 571. The van der Waals surface area contributed by atoms with Crippen LogP contribution >= 0.6 is 0 Å². The molecule has 8 heteroatoms. The molecule has 0 bridgehead atoms. The zero-order valence-electron chi connectivity index (χ0n) is 14.1. The predicted octanol–water partition coefficient (Wildman–Crippen LogP) is 0.599. The van der Waals surface area contributed by atoms with E-state index in [1.54, 1.807) is 32.9 Å². The zero-order valence-corrected chi connectivity index (χ0v) is 14.1. The average molecular weight is 339 g/mol. The first-order chi connectivity index (χ1) is 11.1. The predicted molar refractivity (Wildman–Crippen MR) is 87.9 cm³/mol. The van der Waals surface area contributed by atoms with E-state index in [2.05, 4.69) is 5.32 Å². The van der Waals surface area contributed by atoms with E-state index in [-0.39, 0.29) is 18.5 Å². The van der Waals surface area contributed by atoms with E-state index < -0.39 is 29.8 Å². The Balaban J connectivity index is 2.54. The number of aliphatic hydroxyl groups is 2. The molecule has 2 unspecified atom stereocenters. The van der Waals surface area contributed by atoms with Crippen molar-refractivity contribution in [2.45, 2.75) is 45.0 Å². The molecule has 6 N–H and O–H groups in total. The molecule has 0 aromatic heterocycles. The lowest BCUT2D eigenvalue weighted by atomic mass is 10.00. The second kappa shape index (κ2) is 8.62. The summed E-state index contributed by atoms with van der Waals surface area (Å²) >= 11 is 0. The van der Waals surface area contributed by atoms with Crippen molar-refractivity contribution in [1.29, 1.82) is 0 Å². The fraction of sp³-hybridized carbons (Fsp3) is 0.500. The third kappa shape index (κ3) is 6.53. The van der Waals surface area contributed by atoms with Crippen molar-refractivity contribution in [3.05, 3.63) is 35.4 Å². The summed E-state index contributed by atoms with van der Waals surface area (Å²) in [6.45, 7) is 5.37. The van der Waals surface area contributed by atoms with Gasteiger partial charge >= 0.3 is 6.09 Å².